The molecule has 0 saturated carbocycles. The largest absolute Gasteiger partial charge is 0.392 e. The number of hydrogen-bond donors (Lipinski definition) is 1. The first-order chi connectivity index (χ1) is 10.1. The number of β-amino-alcohol motifs (C(OH)–C–C–N with tert-alkyl or cyclic N) is 1. The Bertz CT molecular complexity index is 624. The Morgan fingerprint density at radius 3 is 2.71 bits per heavy atom. The zero-order valence-electron chi connectivity index (χ0n) is 12.2. The molecule has 1 N–H and O–H groups in total. The van der Waals surface area contributed by atoms with E-state index in [9.17, 15) is 5.11 Å². The van der Waals surface area contributed by atoms with Gasteiger partial charge in [0.2, 0.25) is 0 Å². The number of anilines is 1. The van der Waals surface area contributed by atoms with Crippen molar-refractivity contribution in [1.82, 2.24) is 9.88 Å². The van der Waals surface area contributed by atoms with E-state index in [4.69, 9.17) is 11.6 Å². The second kappa shape index (κ2) is 6.18. The van der Waals surface area contributed by atoms with Gasteiger partial charge in [-0.25, -0.2) is 0 Å². The molecular formula is C16H20ClN3O. The first-order valence-electron chi connectivity index (χ1n) is 7.33. The summed E-state index contributed by atoms with van der Waals surface area (Å²) in [4.78, 5) is 9.09. The third-order valence-electron chi connectivity index (χ3n) is 3.92. The zero-order chi connectivity index (χ0) is 14.8. The molecule has 1 saturated heterocycles. The number of benzene rings is 1. The molecule has 112 valence electrons. The molecule has 5 heteroatoms. The fourth-order valence-corrected chi connectivity index (χ4v) is 3.09. The van der Waals surface area contributed by atoms with E-state index in [1.165, 1.54) is 5.69 Å². The highest BCUT2D eigenvalue weighted by Gasteiger charge is 2.19. The van der Waals surface area contributed by atoms with Gasteiger partial charge in [-0.1, -0.05) is 11.6 Å². The number of rotatable bonds is 3. The third kappa shape index (κ3) is 3.28. The summed E-state index contributed by atoms with van der Waals surface area (Å²) in [7, 11) is 0. The van der Waals surface area contributed by atoms with Crippen LogP contribution < -0.4 is 4.90 Å². The standard InChI is InChI=1S/C16H20ClN3O/c1-12(21)11-19-6-8-20(9-7-19)16-4-5-18-15-10-13(17)2-3-14(15)16/h2-5,10,12,21H,6-9,11H2,1H3/t12-/m1/s1. The number of piperazine rings is 1. The number of fused-ring (bicyclic) bond motifs is 1. The van der Waals surface area contributed by atoms with Crippen molar-refractivity contribution in [3.63, 3.8) is 0 Å². The topological polar surface area (TPSA) is 39.6 Å². The van der Waals surface area contributed by atoms with Gasteiger partial charge in [-0.05, 0) is 31.2 Å². The number of halogens is 1. The number of aliphatic hydroxyl groups is 1. The monoisotopic (exact) mass is 305 g/mol. The maximum atomic E-state index is 9.48. The van der Waals surface area contributed by atoms with E-state index in [1.807, 2.05) is 31.3 Å². The van der Waals surface area contributed by atoms with Crippen LogP contribution in [0.5, 0.6) is 0 Å². The van der Waals surface area contributed by atoms with Gasteiger partial charge < -0.3 is 10.0 Å². The van der Waals surface area contributed by atoms with Crippen LogP contribution in [-0.4, -0.2) is 53.8 Å². The number of hydrogen-bond acceptors (Lipinski definition) is 4. The molecule has 0 unspecified atom stereocenters. The van der Waals surface area contributed by atoms with Crippen molar-refractivity contribution < 1.29 is 5.11 Å². The van der Waals surface area contributed by atoms with Crippen LogP contribution in [0.4, 0.5) is 5.69 Å². The highest BCUT2D eigenvalue weighted by Crippen LogP contribution is 2.28. The van der Waals surface area contributed by atoms with Crippen LogP contribution in [0.2, 0.25) is 5.02 Å². The van der Waals surface area contributed by atoms with E-state index >= 15 is 0 Å². The molecule has 0 aliphatic carbocycles. The highest BCUT2D eigenvalue weighted by molar-refractivity contribution is 6.31. The number of nitrogens with zero attached hydrogens (tertiary/aromatic N) is 3. The van der Waals surface area contributed by atoms with Gasteiger partial charge in [0, 0.05) is 55.0 Å². The summed E-state index contributed by atoms with van der Waals surface area (Å²) in [5, 5.41) is 11.3. The lowest BCUT2D eigenvalue weighted by molar-refractivity contribution is 0.123. The summed E-state index contributed by atoms with van der Waals surface area (Å²) in [6, 6.07) is 7.94. The Hall–Kier alpha value is -1.36. The molecule has 2 heterocycles. The van der Waals surface area contributed by atoms with Crippen molar-refractivity contribution >= 4 is 28.2 Å². The van der Waals surface area contributed by atoms with Gasteiger partial charge in [-0.2, -0.15) is 0 Å². The quantitative estimate of drug-likeness (QED) is 0.945. The van der Waals surface area contributed by atoms with Crippen LogP contribution >= 0.6 is 11.6 Å². The second-order valence-corrected chi connectivity index (χ2v) is 6.06. The molecule has 1 aromatic carbocycles. The van der Waals surface area contributed by atoms with Gasteiger partial charge in [0.25, 0.3) is 0 Å². The van der Waals surface area contributed by atoms with Gasteiger partial charge in [0.15, 0.2) is 0 Å². The summed E-state index contributed by atoms with van der Waals surface area (Å²) < 4.78 is 0. The van der Waals surface area contributed by atoms with Crippen molar-refractivity contribution in [2.24, 2.45) is 0 Å². The summed E-state index contributed by atoms with van der Waals surface area (Å²) >= 11 is 6.04. The van der Waals surface area contributed by atoms with Crippen molar-refractivity contribution in [1.29, 1.82) is 0 Å². The Morgan fingerprint density at radius 2 is 2.00 bits per heavy atom. The molecule has 1 aromatic heterocycles. The van der Waals surface area contributed by atoms with Crippen LogP contribution in [0.25, 0.3) is 10.9 Å². The van der Waals surface area contributed by atoms with Gasteiger partial charge >= 0.3 is 0 Å². The smallest absolute Gasteiger partial charge is 0.0737 e. The minimum Gasteiger partial charge on any atom is -0.392 e. The van der Waals surface area contributed by atoms with Gasteiger partial charge in [-0.15, -0.1) is 0 Å². The Morgan fingerprint density at radius 1 is 1.24 bits per heavy atom. The average molecular weight is 306 g/mol. The van der Waals surface area contributed by atoms with Crippen LogP contribution in [-0.2, 0) is 0 Å². The van der Waals surface area contributed by atoms with Crippen molar-refractivity contribution in [2.45, 2.75) is 13.0 Å². The van der Waals surface area contributed by atoms with E-state index in [0.717, 1.165) is 43.6 Å². The van der Waals surface area contributed by atoms with E-state index in [1.54, 1.807) is 0 Å². The number of aliphatic hydroxyl groups excluding tert-OH is 1. The number of aromatic nitrogens is 1. The van der Waals surface area contributed by atoms with Crippen LogP contribution in [0, 0.1) is 0 Å². The van der Waals surface area contributed by atoms with E-state index in [0.29, 0.717) is 5.02 Å². The van der Waals surface area contributed by atoms with Gasteiger partial charge in [0.05, 0.1) is 11.6 Å². The van der Waals surface area contributed by atoms with E-state index < -0.39 is 0 Å². The maximum absolute atomic E-state index is 9.48. The van der Waals surface area contributed by atoms with E-state index in [-0.39, 0.29) is 6.10 Å². The SMILES string of the molecule is C[C@@H](O)CN1CCN(c2ccnc3cc(Cl)ccc23)CC1. The molecule has 0 radical (unpaired) electrons. The van der Waals surface area contributed by atoms with Crippen LogP contribution in [0.15, 0.2) is 30.5 Å². The normalized spacial score (nSPS) is 18.1. The first kappa shape index (κ1) is 14.6. The fourth-order valence-electron chi connectivity index (χ4n) is 2.93. The molecule has 1 fully saturated rings. The maximum Gasteiger partial charge on any atom is 0.0737 e. The molecule has 0 spiro atoms. The summed E-state index contributed by atoms with van der Waals surface area (Å²) in [5.74, 6) is 0. The molecule has 1 aliphatic heterocycles. The Kier molecular flexibility index (Phi) is 4.29. The lowest BCUT2D eigenvalue weighted by Gasteiger charge is -2.37. The molecule has 1 atom stereocenters. The second-order valence-electron chi connectivity index (χ2n) is 5.63. The third-order valence-corrected chi connectivity index (χ3v) is 4.15. The molecular weight excluding hydrogens is 286 g/mol. The van der Waals surface area contributed by atoms with Crippen molar-refractivity contribution in [2.75, 3.05) is 37.6 Å². The molecule has 2 aromatic rings. The van der Waals surface area contributed by atoms with Crippen LogP contribution in [0.1, 0.15) is 6.92 Å². The predicted molar refractivity (Wildman–Crippen MR) is 87.1 cm³/mol. The summed E-state index contributed by atoms with van der Waals surface area (Å²) in [5.41, 5.74) is 2.15. The van der Waals surface area contributed by atoms with E-state index in [2.05, 4.69) is 20.9 Å². The van der Waals surface area contributed by atoms with Crippen molar-refractivity contribution in [3.8, 4) is 0 Å². The fraction of sp³-hybridized carbons (Fsp3) is 0.438. The average Bonchev–Trinajstić information content (AvgIpc) is 2.46. The summed E-state index contributed by atoms with van der Waals surface area (Å²) in [6.45, 7) is 6.47. The number of pyridine rings is 1. The minimum atomic E-state index is -0.263. The predicted octanol–water partition coefficient (Wildman–Crippen LogP) is 2.39. The molecule has 0 bridgehead atoms. The zero-order valence-corrected chi connectivity index (χ0v) is 12.9. The van der Waals surface area contributed by atoms with Crippen molar-refractivity contribution in [3.05, 3.63) is 35.5 Å². The van der Waals surface area contributed by atoms with Gasteiger partial charge in [-0.3, -0.25) is 9.88 Å². The lowest BCUT2D eigenvalue weighted by Crippen LogP contribution is -2.48. The minimum absolute atomic E-state index is 0.263. The summed E-state index contributed by atoms with van der Waals surface area (Å²) in [6.07, 6.45) is 1.58. The molecule has 0 amide bonds. The molecule has 1 aliphatic rings. The Balaban J connectivity index is 1.79. The van der Waals surface area contributed by atoms with Crippen LogP contribution in [0.3, 0.4) is 0 Å². The first-order valence-corrected chi connectivity index (χ1v) is 7.71. The molecule has 21 heavy (non-hydrogen) atoms. The van der Waals surface area contributed by atoms with Gasteiger partial charge in [0.1, 0.15) is 0 Å². The molecule has 3 rings (SSSR count). The molecule has 4 nitrogen and oxygen atoms in total. The highest BCUT2D eigenvalue weighted by atomic mass is 35.5. The lowest BCUT2D eigenvalue weighted by atomic mass is 10.1. The Labute approximate surface area is 129 Å².